The number of hydrogen-bond acceptors (Lipinski definition) is 3. The van der Waals surface area contributed by atoms with Crippen LogP contribution in [0.4, 0.5) is 4.39 Å². The van der Waals surface area contributed by atoms with Crippen LogP contribution in [0, 0.1) is 5.82 Å². The molecule has 0 radical (unpaired) electrons. The summed E-state index contributed by atoms with van der Waals surface area (Å²) in [6.45, 7) is 2.01. The SMILES string of the molecule is CC1(c2c(Cl)c(F)cc3nc(-c4ccc(P(=O)(O)O)o4)[nH]c23)CC1. The maximum absolute atomic E-state index is 14.1. The highest BCUT2D eigenvalue weighted by Gasteiger charge is 2.43. The summed E-state index contributed by atoms with van der Waals surface area (Å²) in [4.78, 5) is 25.6. The zero-order valence-electron chi connectivity index (χ0n) is 12.5. The zero-order chi connectivity index (χ0) is 17.3. The third-order valence-corrected chi connectivity index (χ3v) is 5.57. The maximum atomic E-state index is 14.1. The van der Waals surface area contributed by atoms with Crippen LogP contribution in [0.3, 0.4) is 0 Å². The van der Waals surface area contributed by atoms with Crippen LogP contribution in [0.25, 0.3) is 22.6 Å². The molecule has 3 aromatic rings. The van der Waals surface area contributed by atoms with Crippen LogP contribution in [0.15, 0.2) is 22.6 Å². The Morgan fingerprint density at radius 2 is 2.12 bits per heavy atom. The molecule has 2 aromatic heterocycles. The van der Waals surface area contributed by atoms with Gasteiger partial charge in [0.05, 0.1) is 16.1 Å². The molecule has 24 heavy (non-hydrogen) atoms. The predicted octanol–water partition coefficient (Wildman–Crippen LogP) is 3.47. The van der Waals surface area contributed by atoms with Crippen molar-refractivity contribution in [2.45, 2.75) is 25.2 Å². The average Bonchev–Trinajstić information content (AvgIpc) is 2.92. The Morgan fingerprint density at radius 3 is 2.71 bits per heavy atom. The van der Waals surface area contributed by atoms with Gasteiger partial charge in [-0.2, -0.15) is 0 Å². The lowest BCUT2D eigenvalue weighted by Crippen LogP contribution is -2.03. The Kier molecular flexibility index (Phi) is 3.25. The van der Waals surface area contributed by atoms with E-state index in [1.807, 2.05) is 6.92 Å². The number of nitrogens with one attached hydrogen (secondary N) is 1. The summed E-state index contributed by atoms with van der Waals surface area (Å²) in [5.74, 6) is -0.120. The quantitative estimate of drug-likeness (QED) is 0.613. The average molecular weight is 371 g/mol. The van der Waals surface area contributed by atoms with E-state index >= 15 is 0 Å². The van der Waals surface area contributed by atoms with E-state index in [4.69, 9.17) is 25.8 Å². The van der Waals surface area contributed by atoms with E-state index in [1.54, 1.807) is 0 Å². The Morgan fingerprint density at radius 1 is 1.42 bits per heavy atom. The van der Waals surface area contributed by atoms with E-state index in [9.17, 15) is 8.96 Å². The number of rotatable bonds is 3. The van der Waals surface area contributed by atoms with Crippen molar-refractivity contribution in [2.24, 2.45) is 0 Å². The fourth-order valence-corrected chi connectivity index (χ4v) is 3.69. The van der Waals surface area contributed by atoms with Crippen molar-refractivity contribution in [1.82, 2.24) is 9.97 Å². The second-order valence-electron chi connectivity index (χ2n) is 6.27. The number of hydrogen-bond donors (Lipinski definition) is 3. The van der Waals surface area contributed by atoms with Gasteiger partial charge in [0.2, 0.25) is 5.50 Å². The third-order valence-electron chi connectivity index (χ3n) is 4.39. The van der Waals surface area contributed by atoms with Crippen molar-refractivity contribution >= 4 is 35.7 Å². The Bertz CT molecular complexity index is 1020. The van der Waals surface area contributed by atoms with Gasteiger partial charge in [0.1, 0.15) is 5.82 Å². The molecule has 4 rings (SSSR count). The van der Waals surface area contributed by atoms with Gasteiger partial charge in [-0.1, -0.05) is 18.5 Å². The van der Waals surface area contributed by atoms with E-state index < -0.39 is 18.9 Å². The van der Waals surface area contributed by atoms with Gasteiger partial charge < -0.3 is 19.2 Å². The minimum atomic E-state index is -4.48. The van der Waals surface area contributed by atoms with E-state index in [-0.39, 0.29) is 22.0 Å². The second kappa shape index (κ2) is 4.92. The van der Waals surface area contributed by atoms with Crippen molar-refractivity contribution in [3.8, 4) is 11.6 Å². The molecule has 6 nitrogen and oxygen atoms in total. The molecule has 3 N–H and O–H groups in total. The van der Waals surface area contributed by atoms with Crippen LogP contribution >= 0.6 is 19.2 Å². The molecule has 0 spiro atoms. The highest BCUT2D eigenvalue weighted by Crippen LogP contribution is 2.52. The molecular weight excluding hydrogens is 358 g/mol. The molecule has 1 aliphatic rings. The second-order valence-corrected chi connectivity index (χ2v) is 8.18. The first kappa shape index (κ1) is 15.8. The summed E-state index contributed by atoms with van der Waals surface area (Å²) in [5, 5.41) is 0.0769. The van der Waals surface area contributed by atoms with Gasteiger partial charge in [0.15, 0.2) is 11.6 Å². The van der Waals surface area contributed by atoms with E-state index in [0.717, 1.165) is 12.8 Å². The van der Waals surface area contributed by atoms with Gasteiger partial charge in [0.25, 0.3) is 0 Å². The maximum Gasteiger partial charge on any atom is 0.391 e. The molecule has 0 amide bonds. The fraction of sp³-hybridized carbons (Fsp3) is 0.267. The first-order chi connectivity index (χ1) is 11.2. The Balaban J connectivity index is 1.90. The van der Waals surface area contributed by atoms with Crippen LogP contribution in [0.5, 0.6) is 0 Å². The van der Waals surface area contributed by atoms with Crippen molar-refractivity contribution in [2.75, 3.05) is 0 Å². The third kappa shape index (κ3) is 2.40. The summed E-state index contributed by atoms with van der Waals surface area (Å²) in [6.07, 6.45) is 1.81. The first-order valence-electron chi connectivity index (χ1n) is 7.23. The monoisotopic (exact) mass is 370 g/mol. The Labute approximate surface area is 140 Å². The number of benzene rings is 1. The van der Waals surface area contributed by atoms with Gasteiger partial charge in [-0.15, -0.1) is 0 Å². The molecule has 0 atom stereocenters. The summed E-state index contributed by atoms with van der Waals surface area (Å²) < 4.78 is 30.5. The molecule has 1 saturated carbocycles. The topological polar surface area (TPSA) is 99.3 Å². The lowest BCUT2D eigenvalue weighted by Gasteiger charge is -2.12. The number of fused-ring (bicyclic) bond motifs is 1. The molecule has 9 heteroatoms. The van der Waals surface area contributed by atoms with Crippen molar-refractivity contribution in [3.05, 3.63) is 34.6 Å². The molecule has 0 bridgehead atoms. The van der Waals surface area contributed by atoms with Crippen LogP contribution in [0.1, 0.15) is 25.3 Å². The number of aromatic nitrogens is 2. The summed E-state index contributed by atoms with van der Waals surface area (Å²) in [7, 11) is -4.48. The van der Waals surface area contributed by atoms with Crippen LogP contribution < -0.4 is 5.50 Å². The van der Waals surface area contributed by atoms with Gasteiger partial charge in [0, 0.05) is 11.6 Å². The molecule has 126 valence electrons. The highest BCUT2D eigenvalue weighted by molar-refractivity contribution is 7.59. The highest BCUT2D eigenvalue weighted by atomic mass is 35.5. The minimum Gasteiger partial charge on any atom is -0.445 e. The lowest BCUT2D eigenvalue weighted by atomic mass is 9.96. The Hall–Kier alpha value is -1.66. The zero-order valence-corrected chi connectivity index (χ0v) is 14.2. The smallest absolute Gasteiger partial charge is 0.391 e. The largest absolute Gasteiger partial charge is 0.445 e. The fourth-order valence-electron chi connectivity index (χ4n) is 2.83. The number of furan rings is 1. The number of H-pyrrole nitrogens is 1. The van der Waals surface area contributed by atoms with Gasteiger partial charge in [-0.05, 0) is 30.4 Å². The van der Waals surface area contributed by atoms with Crippen LogP contribution in [-0.2, 0) is 9.98 Å². The minimum absolute atomic E-state index is 0.0769. The normalized spacial score (nSPS) is 16.7. The number of imidazole rings is 1. The number of nitrogens with zero attached hydrogens (tertiary/aromatic N) is 1. The first-order valence-corrected chi connectivity index (χ1v) is 9.23. The lowest BCUT2D eigenvalue weighted by molar-refractivity contribution is 0.377. The van der Waals surface area contributed by atoms with Crippen molar-refractivity contribution in [1.29, 1.82) is 0 Å². The van der Waals surface area contributed by atoms with E-state index in [2.05, 4.69) is 9.97 Å². The van der Waals surface area contributed by atoms with Crippen molar-refractivity contribution < 1.29 is 23.2 Å². The van der Waals surface area contributed by atoms with Gasteiger partial charge in [-0.25, -0.2) is 9.37 Å². The van der Waals surface area contributed by atoms with Gasteiger partial charge >= 0.3 is 7.60 Å². The van der Waals surface area contributed by atoms with Gasteiger partial charge in [-0.3, -0.25) is 4.57 Å². The summed E-state index contributed by atoms with van der Waals surface area (Å²) in [6, 6.07) is 3.84. The number of halogens is 2. The molecule has 1 aliphatic carbocycles. The van der Waals surface area contributed by atoms with Crippen LogP contribution in [0.2, 0.25) is 5.02 Å². The standard InChI is InChI=1S/C15H13ClFN2O4P/c1-15(4-5-15)11-12(16)7(17)6-8-13(11)19-14(18-8)9-2-3-10(23-9)24(20,21)22/h2-3,6H,4-5H2,1H3,(H,18,19)(H2,20,21,22). The molecule has 1 fully saturated rings. The molecule has 1 aromatic carbocycles. The molecule has 0 saturated heterocycles. The number of aromatic amines is 1. The molecule has 0 aliphatic heterocycles. The van der Waals surface area contributed by atoms with E-state index in [0.29, 0.717) is 16.6 Å². The van der Waals surface area contributed by atoms with E-state index in [1.165, 1.54) is 18.2 Å². The summed E-state index contributed by atoms with van der Waals surface area (Å²) in [5.41, 5.74) is 1.05. The molecule has 0 unspecified atom stereocenters. The molecule has 2 heterocycles. The van der Waals surface area contributed by atoms with Crippen molar-refractivity contribution in [3.63, 3.8) is 0 Å². The summed E-state index contributed by atoms with van der Waals surface area (Å²) >= 11 is 6.17. The van der Waals surface area contributed by atoms with Crippen LogP contribution in [-0.4, -0.2) is 19.8 Å². The molecular formula is C15H13ClFN2O4P. The predicted molar refractivity (Wildman–Crippen MR) is 87.0 cm³/mol.